The normalized spacial score (nSPS) is 17.9. The maximum atomic E-state index is 12.6. The molecule has 0 spiro atoms. The van der Waals surface area contributed by atoms with Crippen molar-refractivity contribution in [2.75, 3.05) is 26.3 Å². The molecule has 2 aromatic carbocycles. The molecule has 2 aliphatic heterocycles. The fourth-order valence-corrected chi connectivity index (χ4v) is 3.13. The average molecular weight is 327 g/mol. The Labute approximate surface area is 139 Å². The fourth-order valence-electron chi connectivity index (χ4n) is 3.13. The van der Waals surface area contributed by atoms with Crippen molar-refractivity contribution in [1.82, 2.24) is 0 Å². The minimum Gasteiger partial charge on any atom is -0.497 e. The van der Waals surface area contributed by atoms with Crippen LogP contribution in [-0.4, -0.2) is 26.8 Å². The summed E-state index contributed by atoms with van der Waals surface area (Å²) in [6.45, 7) is 0.180. The molecule has 1 atom stereocenters. The van der Waals surface area contributed by atoms with Gasteiger partial charge >= 0.3 is 0 Å². The molecule has 2 heterocycles. The van der Waals surface area contributed by atoms with Crippen molar-refractivity contribution in [3.63, 3.8) is 0 Å². The summed E-state index contributed by atoms with van der Waals surface area (Å²) in [5.74, 6) is 2.74. The van der Waals surface area contributed by atoms with Gasteiger partial charge in [0.25, 0.3) is 0 Å². The van der Waals surface area contributed by atoms with Gasteiger partial charge in [-0.05, 0) is 24.3 Å². The van der Waals surface area contributed by atoms with E-state index in [1.165, 1.54) is 0 Å². The number of hydrogen-bond acceptors (Lipinski definition) is 6. The molecule has 0 bridgehead atoms. The molecule has 0 saturated carbocycles. The molecular formula is C18H17NO5. The van der Waals surface area contributed by atoms with E-state index in [1.54, 1.807) is 20.3 Å². The highest BCUT2D eigenvalue weighted by atomic mass is 16.7. The zero-order valence-electron chi connectivity index (χ0n) is 13.4. The SMILES string of the molecule is COc1ccc(OC)c([C@@H]2CC(=O)c3cc4c(cc3N2)OCO4)c1. The molecule has 2 aromatic rings. The lowest BCUT2D eigenvalue weighted by Gasteiger charge is -2.28. The summed E-state index contributed by atoms with van der Waals surface area (Å²) in [4.78, 5) is 12.6. The van der Waals surface area contributed by atoms with Crippen molar-refractivity contribution in [3.8, 4) is 23.0 Å². The highest BCUT2D eigenvalue weighted by molar-refractivity contribution is 6.04. The summed E-state index contributed by atoms with van der Waals surface area (Å²) >= 11 is 0. The van der Waals surface area contributed by atoms with Crippen LogP contribution in [0.25, 0.3) is 0 Å². The zero-order chi connectivity index (χ0) is 16.7. The highest BCUT2D eigenvalue weighted by Crippen LogP contribution is 2.43. The topological polar surface area (TPSA) is 66.0 Å². The number of rotatable bonds is 3. The van der Waals surface area contributed by atoms with Gasteiger partial charge in [-0.25, -0.2) is 0 Å². The quantitative estimate of drug-likeness (QED) is 0.934. The van der Waals surface area contributed by atoms with Gasteiger partial charge < -0.3 is 24.3 Å². The third-order valence-electron chi connectivity index (χ3n) is 4.34. The van der Waals surface area contributed by atoms with Crippen molar-refractivity contribution in [3.05, 3.63) is 41.5 Å². The number of Topliss-reactive ketones (excluding diaryl/α,β-unsaturated/α-hetero) is 1. The number of anilines is 1. The van der Waals surface area contributed by atoms with Crippen LogP contribution in [0.5, 0.6) is 23.0 Å². The van der Waals surface area contributed by atoms with E-state index in [0.29, 0.717) is 29.2 Å². The molecular weight excluding hydrogens is 310 g/mol. The van der Waals surface area contributed by atoms with Crippen LogP contribution in [0, 0.1) is 0 Å². The molecule has 24 heavy (non-hydrogen) atoms. The Kier molecular flexibility index (Phi) is 3.45. The van der Waals surface area contributed by atoms with Gasteiger partial charge in [-0.1, -0.05) is 0 Å². The third kappa shape index (κ3) is 2.31. The summed E-state index contributed by atoms with van der Waals surface area (Å²) in [5, 5.41) is 3.41. The fraction of sp³-hybridized carbons (Fsp3) is 0.278. The van der Waals surface area contributed by atoms with E-state index in [4.69, 9.17) is 18.9 Å². The first kappa shape index (κ1) is 14.7. The lowest BCUT2D eigenvalue weighted by molar-refractivity contribution is 0.0971. The monoisotopic (exact) mass is 327 g/mol. The molecule has 0 unspecified atom stereocenters. The van der Waals surface area contributed by atoms with E-state index >= 15 is 0 Å². The van der Waals surface area contributed by atoms with Crippen molar-refractivity contribution in [2.45, 2.75) is 12.5 Å². The summed E-state index contributed by atoms with van der Waals surface area (Å²) in [6, 6.07) is 8.92. The average Bonchev–Trinajstić information content (AvgIpc) is 3.06. The minimum absolute atomic E-state index is 0.0527. The number of hydrogen-bond donors (Lipinski definition) is 1. The number of fused-ring (bicyclic) bond motifs is 2. The van der Waals surface area contributed by atoms with Gasteiger partial charge in [0.15, 0.2) is 17.3 Å². The van der Waals surface area contributed by atoms with E-state index in [1.807, 2.05) is 24.3 Å². The molecule has 2 aliphatic rings. The minimum atomic E-state index is -0.199. The zero-order valence-corrected chi connectivity index (χ0v) is 13.4. The van der Waals surface area contributed by atoms with Crippen molar-refractivity contribution in [1.29, 1.82) is 0 Å². The first-order valence-electron chi connectivity index (χ1n) is 7.65. The van der Waals surface area contributed by atoms with E-state index in [2.05, 4.69) is 5.32 Å². The van der Waals surface area contributed by atoms with Crippen molar-refractivity contribution < 1.29 is 23.7 Å². The van der Waals surface area contributed by atoms with E-state index in [9.17, 15) is 4.79 Å². The second-order valence-corrected chi connectivity index (χ2v) is 5.68. The predicted molar refractivity (Wildman–Crippen MR) is 87.4 cm³/mol. The van der Waals surface area contributed by atoms with Gasteiger partial charge in [0, 0.05) is 29.3 Å². The summed E-state index contributed by atoms with van der Waals surface area (Å²) in [7, 11) is 3.23. The first-order valence-corrected chi connectivity index (χ1v) is 7.65. The lowest BCUT2D eigenvalue weighted by atomic mass is 9.91. The maximum absolute atomic E-state index is 12.6. The highest BCUT2D eigenvalue weighted by Gasteiger charge is 2.30. The lowest BCUT2D eigenvalue weighted by Crippen LogP contribution is -2.23. The van der Waals surface area contributed by atoms with Crippen LogP contribution in [0.15, 0.2) is 30.3 Å². The van der Waals surface area contributed by atoms with Crippen molar-refractivity contribution >= 4 is 11.5 Å². The number of ether oxygens (including phenoxy) is 4. The Balaban J connectivity index is 1.74. The summed E-state index contributed by atoms with van der Waals surface area (Å²) in [5.41, 5.74) is 2.25. The second kappa shape index (κ2) is 5.63. The maximum Gasteiger partial charge on any atom is 0.231 e. The second-order valence-electron chi connectivity index (χ2n) is 5.68. The van der Waals surface area contributed by atoms with Gasteiger partial charge in [-0.3, -0.25) is 4.79 Å². The molecule has 0 radical (unpaired) electrons. The van der Waals surface area contributed by atoms with Gasteiger partial charge in [0.2, 0.25) is 6.79 Å². The number of nitrogens with one attached hydrogen (secondary N) is 1. The van der Waals surface area contributed by atoms with Gasteiger partial charge in [-0.2, -0.15) is 0 Å². The van der Waals surface area contributed by atoms with Gasteiger partial charge in [-0.15, -0.1) is 0 Å². The third-order valence-corrected chi connectivity index (χ3v) is 4.34. The van der Waals surface area contributed by atoms with E-state index in [-0.39, 0.29) is 18.6 Å². The van der Waals surface area contributed by atoms with Crippen LogP contribution in [0.4, 0.5) is 5.69 Å². The number of carbonyl (C=O) groups is 1. The summed E-state index contributed by atoms with van der Waals surface area (Å²) in [6.07, 6.45) is 0.330. The number of carbonyl (C=O) groups excluding carboxylic acids is 1. The molecule has 124 valence electrons. The Morgan fingerprint density at radius 3 is 2.62 bits per heavy atom. The largest absolute Gasteiger partial charge is 0.497 e. The molecule has 6 heteroatoms. The first-order chi connectivity index (χ1) is 11.7. The Morgan fingerprint density at radius 2 is 1.88 bits per heavy atom. The Hall–Kier alpha value is -2.89. The van der Waals surface area contributed by atoms with E-state index < -0.39 is 0 Å². The van der Waals surface area contributed by atoms with Crippen LogP contribution < -0.4 is 24.3 Å². The Morgan fingerprint density at radius 1 is 1.08 bits per heavy atom. The molecule has 6 nitrogen and oxygen atoms in total. The van der Waals surface area contributed by atoms with Crippen LogP contribution in [0.3, 0.4) is 0 Å². The molecule has 4 rings (SSSR count). The van der Waals surface area contributed by atoms with Gasteiger partial charge in [0.1, 0.15) is 11.5 Å². The predicted octanol–water partition coefficient (Wildman–Crippen LogP) is 3.17. The van der Waals surface area contributed by atoms with Gasteiger partial charge in [0.05, 0.1) is 20.3 Å². The number of ketones is 1. The standard InChI is InChI=1S/C18H17NO5/c1-21-10-3-4-16(22-2)12(5-10)13-7-15(20)11-6-17-18(24-9-23-17)8-14(11)19-13/h3-6,8,13,19H,7,9H2,1-2H3/t13-/m0/s1. The smallest absolute Gasteiger partial charge is 0.231 e. The summed E-state index contributed by atoms with van der Waals surface area (Å²) < 4.78 is 21.5. The Bertz CT molecular complexity index is 817. The van der Waals surface area contributed by atoms with Crippen LogP contribution >= 0.6 is 0 Å². The molecule has 1 N–H and O–H groups in total. The number of benzene rings is 2. The molecule has 0 aromatic heterocycles. The molecule has 0 fully saturated rings. The van der Waals surface area contributed by atoms with Crippen LogP contribution in [0.1, 0.15) is 28.4 Å². The molecule has 0 amide bonds. The van der Waals surface area contributed by atoms with Crippen LogP contribution in [0.2, 0.25) is 0 Å². The number of methoxy groups -OCH3 is 2. The molecule has 0 aliphatic carbocycles. The van der Waals surface area contributed by atoms with Crippen LogP contribution in [-0.2, 0) is 0 Å². The van der Waals surface area contributed by atoms with E-state index in [0.717, 1.165) is 17.0 Å². The molecule has 0 saturated heterocycles. The van der Waals surface area contributed by atoms with Crippen molar-refractivity contribution in [2.24, 2.45) is 0 Å².